The summed E-state index contributed by atoms with van der Waals surface area (Å²) < 4.78 is 0.864. The van der Waals surface area contributed by atoms with Crippen LogP contribution in [0.1, 0.15) is 10.6 Å². The highest BCUT2D eigenvalue weighted by atomic mass is 79.9. The molecule has 1 amide bonds. The van der Waals surface area contributed by atoms with Crippen molar-refractivity contribution >= 4 is 39.1 Å². The molecule has 110 valence electrons. The highest BCUT2D eigenvalue weighted by Gasteiger charge is 2.14. The topological polar surface area (TPSA) is 72.7 Å². The molecule has 0 unspecified atom stereocenters. The molecule has 6 nitrogen and oxygen atoms in total. The van der Waals surface area contributed by atoms with Crippen molar-refractivity contribution in [1.82, 2.24) is 20.2 Å². The summed E-state index contributed by atoms with van der Waals surface area (Å²) in [6.45, 7) is 0. The minimum Gasteiger partial charge on any atom is -0.319 e. The van der Waals surface area contributed by atoms with Gasteiger partial charge in [-0.3, -0.25) is 4.79 Å². The summed E-state index contributed by atoms with van der Waals surface area (Å²) in [7, 11) is 0. The van der Waals surface area contributed by atoms with Gasteiger partial charge in [-0.1, -0.05) is 33.6 Å². The molecular formula is C14H9BrClN5O. The van der Waals surface area contributed by atoms with Crippen LogP contribution in [0.5, 0.6) is 0 Å². The van der Waals surface area contributed by atoms with Crippen molar-refractivity contribution in [3.8, 4) is 5.69 Å². The second kappa shape index (κ2) is 6.25. The first-order valence-electron chi connectivity index (χ1n) is 6.25. The van der Waals surface area contributed by atoms with Crippen LogP contribution in [0.4, 0.5) is 5.69 Å². The number of nitrogens with one attached hydrogen (secondary N) is 1. The number of nitrogens with zero attached hydrogens (tertiary/aromatic N) is 4. The Morgan fingerprint density at radius 1 is 1.18 bits per heavy atom. The number of amides is 1. The largest absolute Gasteiger partial charge is 0.319 e. The smallest absolute Gasteiger partial charge is 0.297 e. The van der Waals surface area contributed by atoms with Gasteiger partial charge >= 0.3 is 0 Å². The van der Waals surface area contributed by atoms with Gasteiger partial charge in [0.1, 0.15) is 0 Å². The van der Waals surface area contributed by atoms with E-state index >= 15 is 0 Å². The monoisotopic (exact) mass is 377 g/mol. The summed E-state index contributed by atoms with van der Waals surface area (Å²) in [6.07, 6.45) is 0. The third-order valence-electron chi connectivity index (χ3n) is 2.76. The highest BCUT2D eigenvalue weighted by Crippen LogP contribution is 2.16. The quantitative estimate of drug-likeness (QED) is 0.759. The predicted molar refractivity (Wildman–Crippen MR) is 86.3 cm³/mol. The van der Waals surface area contributed by atoms with E-state index in [1.165, 1.54) is 4.80 Å². The normalized spacial score (nSPS) is 10.5. The fourth-order valence-corrected chi connectivity index (χ4v) is 2.27. The first kappa shape index (κ1) is 14.7. The molecule has 0 fully saturated rings. The molecule has 3 aromatic rings. The molecule has 2 aromatic carbocycles. The Bertz CT molecular complexity index is 818. The van der Waals surface area contributed by atoms with Gasteiger partial charge in [0.15, 0.2) is 0 Å². The standard InChI is InChI=1S/C14H9BrClN5O/c15-9-2-1-3-11(8-9)17-14(22)13-18-20-21(19-13)12-6-4-10(16)5-7-12/h1-8H,(H,17,22). The van der Waals surface area contributed by atoms with Crippen LogP contribution in [0, 0.1) is 0 Å². The second-order valence-electron chi connectivity index (χ2n) is 4.34. The molecule has 0 saturated heterocycles. The third kappa shape index (κ3) is 3.32. The number of rotatable bonds is 3. The Balaban J connectivity index is 1.78. The molecule has 0 aliphatic rings. The number of carbonyl (C=O) groups excluding carboxylic acids is 1. The average Bonchev–Trinajstić information content (AvgIpc) is 2.98. The van der Waals surface area contributed by atoms with Crippen molar-refractivity contribution in [1.29, 1.82) is 0 Å². The molecule has 0 aliphatic carbocycles. The Kier molecular flexibility index (Phi) is 4.17. The van der Waals surface area contributed by atoms with E-state index in [9.17, 15) is 4.79 Å². The van der Waals surface area contributed by atoms with E-state index < -0.39 is 5.91 Å². The van der Waals surface area contributed by atoms with Gasteiger partial charge in [0.25, 0.3) is 11.7 Å². The molecular weight excluding hydrogens is 370 g/mol. The zero-order valence-corrected chi connectivity index (χ0v) is 13.4. The molecule has 1 N–H and O–H groups in total. The van der Waals surface area contributed by atoms with Gasteiger partial charge in [-0.2, -0.15) is 0 Å². The maximum Gasteiger partial charge on any atom is 0.297 e. The third-order valence-corrected chi connectivity index (χ3v) is 3.50. The molecule has 3 rings (SSSR count). The number of aromatic nitrogens is 4. The molecule has 22 heavy (non-hydrogen) atoms. The van der Waals surface area contributed by atoms with Crippen molar-refractivity contribution in [2.24, 2.45) is 0 Å². The van der Waals surface area contributed by atoms with Crippen molar-refractivity contribution in [3.05, 3.63) is 63.9 Å². The molecule has 0 aliphatic heterocycles. The van der Waals surface area contributed by atoms with Crippen LogP contribution in [0.25, 0.3) is 5.69 Å². The average molecular weight is 379 g/mol. The van der Waals surface area contributed by atoms with Crippen molar-refractivity contribution < 1.29 is 4.79 Å². The van der Waals surface area contributed by atoms with Crippen LogP contribution >= 0.6 is 27.5 Å². The summed E-state index contributed by atoms with van der Waals surface area (Å²) in [5.74, 6) is -0.451. The molecule has 0 spiro atoms. The first-order chi connectivity index (χ1) is 10.6. The molecule has 8 heteroatoms. The van der Waals surface area contributed by atoms with Gasteiger partial charge in [-0.05, 0) is 47.7 Å². The van der Waals surface area contributed by atoms with Crippen LogP contribution in [-0.4, -0.2) is 26.1 Å². The van der Waals surface area contributed by atoms with Gasteiger partial charge in [-0.25, -0.2) is 0 Å². The minimum atomic E-state index is -0.432. The van der Waals surface area contributed by atoms with Crippen LogP contribution in [-0.2, 0) is 0 Å². The minimum absolute atomic E-state index is 0.0186. The fourth-order valence-electron chi connectivity index (χ4n) is 1.74. The molecule has 0 radical (unpaired) electrons. The number of anilines is 1. The fraction of sp³-hybridized carbons (Fsp3) is 0. The van der Waals surface area contributed by atoms with Crippen LogP contribution in [0.3, 0.4) is 0 Å². The van der Waals surface area contributed by atoms with Crippen LogP contribution in [0.2, 0.25) is 5.02 Å². The van der Waals surface area contributed by atoms with E-state index in [1.54, 1.807) is 36.4 Å². The number of carbonyl (C=O) groups is 1. The van der Waals surface area contributed by atoms with E-state index in [0.29, 0.717) is 16.4 Å². The lowest BCUT2D eigenvalue weighted by molar-refractivity contribution is 0.101. The van der Waals surface area contributed by atoms with Gasteiger partial charge in [-0.15, -0.1) is 15.0 Å². The number of hydrogen-bond acceptors (Lipinski definition) is 4. The van der Waals surface area contributed by atoms with Crippen molar-refractivity contribution in [3.63, 3.8) is 0 Å². The predicted octanol–water partition coefficient (Wildman–Crippen LogP) is 3.33. The number of benzene rings is 2. The van der Waals surface area contributed by atoms with Crippen LogP contribution < -0.4 is 5.32 Å². The lowest BCUT2D eigenvalue weighted by atomic mass is 10.3. The maximum absolute atomic E-state index is 12.1. The van der Waals surface area contributed by atoms with Crippen molar-refractivity contribution in [2.75, 3.05) is 5.32 Å². The Labute approximate surface area is 139 Å². The van der Waals surface area contributed by atoms with E-state index in [1.807, 2.05) is 12.1 Å². The maximum atomic E-state index is 12.1. The SMILES string of the molecule is O=C(Nc1cccc(Br)c1)c1nnn(-c2ccc(Cl)cc2)n1. The molecule has 0 atom stereocenters. The molecule has 0 bridgehead atoms. The molecule has 0 saturated carbocycles. The van der Waals surface area contributed by atoms with Crippen molar-refractivity contribution in [2.45, 2.75) is 0 Å². The van der Waals surface area contributed by atoms with E-state index in [2.05, 4.69) is 36.7 Å². The molecule has 1 heterocycles. The molecule has 1 aromatic heterocycles. The zero-order valence-electron chi connectivity index (χ0n) is 11.1. The van der Waals surface area contributed by atoms with Crippen LogP contribution in [0.15, 0.2) is 53.0 Å². The van der Waals surface area contributed by atoms with Gasteiger partial charge < -0.3 is 5.32 Å². The van der Waals surface area contributed by atoms with Gasteiger partial charge in [0.05, 0.1) is 5.69 Å². The first-order valence-corrected chi connectivity index (χ1v) is 7.42. The second-order valence-corrected chi connectivity index (χ2v) is 5.70. The summed E-state index contributed by atoms with van der Waals surface area (Å²) in [5, 5.41) is 15.0. The summed E-state index contributed by atoms with van der Waals surface area (Å²) in [4.78, 5) is 13.4. The highest BCUT2D eigenvalue weighted by molar-refractivity contribution is 9.10. The lowest BCUT2D eigenvalue weighted by Gasteiger charge is -2.02. The Hall–Kier alpha value is -2.25. The number of halogens is 2. The van der Waals surface area contributed by atoms with E-state index in [0.717, 1.165) is 4.47 Å². The Morgan fingerprint density at radius 3 is 2.68 bits per heavy atom. The van der Waals surface area contributed by atoms with Gasteiger partial charge in [0.2, 0.25) is 0 Å². The van der Waals surface area contributed by atoms with E-state index in [4.69, 9.17) is 11.6 Å². The number of hydrogen-bond donors (Lipinski definition) is 1. The summed E-state index contributed by atoms with van der Waals surface area (Å²) in [5.41, 5.74) is 1.31. The summed E-state index contributed by atoms with van der Waals surface area (Å²) in [6, 6.07) is 14.1. The number of tetrazole rings is 1. The van der Waals surface area contributed by atoms with E-state index in [-0.39, 0.29) is 5.82 Å². The zero-order chi connectivity index (χ0) is 15.5. The lowest BCUT2D eigenvalue weighted by Crippen LogP contribution is -2.14. The Morgan fingerprint density at radius 2 is 1.95 bits per heavy atom. The summed E-state index contributed by atoms with van der Waals surface area (Å²) >= 11 is 9.16. The van der Waals surface area contributed by atoms with Gasteiger partial charge in [0, 0.05) is 15.2 Å².